The molecule has 0 aliphatic heterocycles. The van der Waals surface area contributed by atoms with E-state index in [-0.39, 0.29) is 0 Å². The number of aromatic amines is 1. The second kappa shape index (κ2) is 4.47. The van der Waals surface area contributed by atoms with Crippen molar-refractivity contribution in [2.75, 3.05) is 6.54 Å². The Hall–Kier alpha value is -0.760. The van der Waals surface area contributed by atoms with Gasteiger partial charge in [-0.05, 0) is 23.5 Å². The van der Waals surface area contributed by atoms with Gasteiger partial charge >= 0.3 is 0 Å². The molecule has 74 valence electrons. The lowest BCUT2D eigenvalue weighted by Gasteiger charge is -2.22. The zero-order valence-electron chi connectivity index (χ0n) is 8.85. The van der Waals surface area contributed by atoms with Gasteiger partial charge in [-0.25, -0.2) is 0 Å². The van der Waals surface area contributed by atoms with Gasteiger partial charge in [0.05, 0.1) is 0 Å². The quantitative estimate of drug-likeness (QED) is 0.716. The van der Waals surface area contributed by atoms with Crippen molar-refractivity contribution in [1.82, 2.24) is 10.3 Å². The van der Waals surface area contributed by atoms with Crippen LogP contribution < -0.4 is 5.32 Å². The topological polar surface area (TPSA) is 27.8 Å². The van der Waals surface area contributed by atoms with E-state index in [0.29, 0.717) is 5.41 Å². The Morgan fingerprint density at radius 3 is 2.77 bits per heavy atom. The molecule has 0 aliphatic carbocycles. The fourth-order valence-corrected chi connectivity index (χ4v) is 1.14. The molecular formula is C11H20N2. The molecule has 0 unspecified atom stereocenters. The average Bonchev–Trinajstić information content (AvgIpc) is 2.57. The first-order chi connectivity index (χ1) is 6.14. The third-order valence-electron chi connectivity index (χ3n) is 2.55. The summed E-state index contributed by atoms with van der Waals surface area (Å²) in [4.78, 5) is 3.05. The van der Waals surface area contributed by atoms with Crippen LogP contribution in [0.25, 0.3) is 0 Å². The molecule has 1 aromatic rings. The van der Waals surface area contributed by atoms with E-state index in [1.54, 1.807) is 0 Å². The molecule has 0 aliphatic rings. The highest BCUT2D eigenvalue weighted by molar-refractivity contribution is 5.07. The number of nitrogens with one attached hydrogen (secondary N) is 2. The van der Waals surface area contributed by atoms with Crippen LogP contribution in [0.1, 0.15) is 32.8 Å². The van der Waals surface area contributed by atoms with E-state index in [2.05, 4.69) is 37.1 Å². The summed E-state index contributed by atoms with van der Waals surface area (Å²) in [6.45, 7) is 8.85. The molecule has 13 heavy (non-hydrogen) atoms. The van der Waals surface area contributed by atoms with E-state index in [1.165, 1.54) is 12.0 Å². The SMILES string of the molecule is CCC(C)(C)CNCc1cc[nH]c1. The van der Waals surface area contributed by atoms with Gasteiger partial charge in [-0.2, -0.15) is 0 Å². The lowest BCUT2D eigenvalue weighted by Crippen LogP contribution is -2.28. The maximum absolute atomic E-state index is 3.46. The highest BCUT2D eigenvalue weighted by Gasteiger charge is 2.13. The molecule has 0 bridgehead atoms. The van der Waals surface area contributed by atoms with E-state index in [0.717, 1.165) is 13.1 Å². The smallest absolute Gasteiger partial charge is 0.0220 e. The Labute approximate surface area is 80.7 Å². The maximum atomic E-state index is 3.46. The van der Waals surface area contributed by atoms with Gasteiger partial charge in [-0.3, -0.25) is 0 Å². The van der Waals surface area contributed by atoms with E-state index in [1.807, 2.05) is 12.4 Å². The number of H-pyrrole nitrogens is 1. The minimum absolute atomic E-state index is 0.413. The van der Waals surface area contributed by atoms with Crippen LogP contribution in [-0.2, 0) is 6.54 Å². The van der Waals surface area contributed by atoms with Crippen LogP contribution in [0.5, 0.6) is 0 Å². The Morgan fingerprint density at radius 1 is 1.46 bits per heavy atom. The van der Waals surface area contributed by atoms with Gasteiger partial charge < -0.3 is 10.3 Å². The number of aromatic nitrogens is 1. The number of rotatable bonds is 5. The van der Waals surface area contributed by atoms with Crippen molar-refractivity contribution in [2.45, 2.75) is 33.7 Å². The molecule has 1 rings (SSSR count). The molecule has 0 amide bonds. The van der Waals surface area contributed by atoms with E-state index in [9.17, 15) is 0 Å². The first kappa shape index (κ1) is 10.3. The Morgan fingerprint density at radius 2 is 2.23 bits per heavy atom. The van der Waals surface area contributed by atoms with Gasteiger partial charge in [0.1, 0.15) is 0 Å². The summed E-state index contributed by atoms with van der Waals surface area (Å²) in [5.74, 6) is 0. The molecule has 0 fully saturated rings. The van der Waals surface area contributed by atoms with Gasteiger partial charge in [-0.1, -0.05) is 20.8 Å². The van der Waals surface area contributed by atoms with Crippen LogP contribution in [0, 0.1) is 5.41 Å². The summed E-state index contributed by atoms with van der Waals surface area (Å²) in [7, 11) is 0. The van der Waals surface area contributed by atoms with Crippen molar-refractivity contribution in [3.8, 4) is 0 Å². The van der Waals surface area contributed by atoms with E-state index >= 15 is 0 Å². The third-order valence-corrected chi connectivity index (χ3v) is 2.55. The zero-order chi connectivity index (χ0) is 9.73. The highest BCUT2D eigenvalue weighted by Crippen LogP contribution is 2.17. The standard InChI is InChI=1S/C11H20N2/c1-4-11(2,3)9-13-8-10-5-6-12-7-10/h5-7,12-13H,4,8-9H2,1-3H3. The van der Waals surface area contributed by atoms with Crippen molar-refractivity contribution < 1.29 is 0 Å². The fourth-order valence-electron chi connectivity index (χ4n) is 1.14. The zero-order valence-corrected chi connectivity index (χ0v) is 8.85. The lowest BCUT2D eigenvalue weighted by molar-refractivity contribution is 0.328. The van der Waals surface area contributed by atoms with Crippen molar-refractivity contribution in [3.63, 3.8) is 0 Å². The molecular weight excluding hydrogens is 160 g/mol. The summed E-state index contributed by atoms with van der Waals surface area (Å²) >= 11 is 0. The van der Waals surface area contributed by atoms with Crippen LogP contribution in [0.4, 0.5) is 0 Å². The van der Waals surface area contributed by atoms with Crippen LogP contribution in [0.3, 0.4) is 0 Å². The molecule has 0 saturated heterocycles. The maximum Gasteiger partial charge on any atom is 0.0220 e. The summed E-state index contributed by atoms with van der Waals surface area (Å²) in [5, 5.41) is 3.46. The van der Waals surface area contributed by atoms with Gasteiger partial charge in [-0.15, -0.1) is 0 Å². The highest BCUT2D eigenvalue weighted by atomic mass is 14.9. The summed E-state index contributed by atoms with van der Waals surface area (Å²) in [5.41, 5.74) is 1.74. The lowest BCUT2D eigenvalue weighted by atomic mass is 9.90. The molecule has 1 heterocycles. The van der Waals surface area contributed by atoms with Crippen molar-refractivity contribution in [1.29, 1.82) is 0 Å². The first-order valence-electron chi connectivity index (χ1n) is 4.96. The molecule has 0 radical (unpaired) electrons. The van der Waals surface area contributed by atoms with Crippen LogP contribution in [0.2, 0.25) is 0 Å². The van der Waals surface area contributed by atoms with Gasteiger partial charge in [0.15, 0.2) is 0 Å². The largest absolute Gasteiger partial charge is 0.367 e. The average molecular weight is 180 g/mol. The Bertz CT molecular complexity index is 224. The predicted octanol–water partition coefficient (Wildman–Crippen LogP) is 2.54. The van der Waals surface area contributed by atoms with E-state index in [4.69, 9.17) is 0 Å². The number of hydrogen-bond donors (Lipinski definition) is 2. The van der Waals surface area contributed by atoms with Crippen LogP contribution in [-0.4, -0.2) is 11.5 Å². The second-order valence-corrected chi connectivity index (χ2v) is 4.34. The first-order valence-corrected chi connectivity index (χ1v) is 4.96. The number of hydrogen-bond acceptors (Lipinski definition) is 1. The minimum Gasteiger partial charge on any atom is -0.367 e. The fraction of sp³-hybridized carbons (Fsp3) is 0.636. The Balaban J connectivity index is 2.21. The molecule has 0 atom stereocenters. The van der Waals surface area contributed by atoms with Gasteiger partial charge in [0, 0.05) is 25.5 Å². The summed E-state index contributed by atoms with van der Waals surface area (Å²) in [6, 6.07) is 2.10. The molecule has 0 spiro atoms. The predicted molar refractivity (Wildman–Crippen MR) is 56.6 cm³/mol. The van der Waals surface area contributed by atoms with Gasteiger partial charge in [0.2, 0.25) is 0 Å². The normalized spacial score (nSPS) is 11.9. The molecule has 2 nitrogen and oxygen atoms in total. The Kier molecular flexibility index (Phi) is 3.55. The molecule has 0 saturated carbocycles. The van der Waals surface area contributed by atoms with Crippen molar-refractivity contribution >= 4 is 0 Å². The third kappa shape index (κ3) is 3.64. The van der Waals surface area contributed by atoms with Crippen LogP contribution >= 0.6 is 0 Å². The van der Waals surface area contributed by atoms with Crippen molar-refractivity contribution in [3.05, 3.63) is 24.0 Å². The summed E-state index contributed by atoms with van der Waals surface area (Å²) in [6.07, 6.45) is 5.21. The molecule has 2 N–H and O–H groups in total. The van der Waals surface area contributed by atoms with Crippen molar-refractivity contribution in [2.24, 2.45) is 5.41 Å². The molecule has 0 aromatic carbocycles. The molecule has 2 heteroatoms. The summed E-state index contributed by atoms with van der Waals surface area (Å²) < 4.78 is 0. The monoisotopic (exact) mass is 180 g/mol. The van der Waals surface area contributed by atoms with Crippen LogP contribution in [0.15, 0.2) is 18.5 Å². The minimum atomic E-state index is 0.413. The second-order valence-electron chi connectivity index (χ2n) is 4.34. The van der Waals surface area contributed by atoms with E-state index < -0.39 is 0 Å². The molecule has 1 aromatic heterocycles. The van der Waals surface area contributed by atoms with Gasteiger partial charge in [0.25, 0.3) is 0 Å².